The molecule has 0 aromatic heterocycles. The molecule has 1 aliphatic rings. The van der Waals surface area contributed by atoms with E-state index in [1.807, 2.05) is 0 Å². The van der Waals surface area contributed by atoms with E-state index in [9.17, 15) is 15.3 Å². The maximum Gasteiger partial charge on any atom is 0.110 e. The van der Waals surface area contributed by atoms with Crippen molar-refractivity contribution >= 4 is 0 Å². The molecule has 0 amide bonds. The van der Waals surface area contributed by atoms with Gasteiger partial charge in [-0.2, -0.15) is 0 Å². The second-order valence-electron chi connectivity index (χ2n) is 3.18. The van der Waals surface area contributed by atoms with Crippen LogP contribution in [-0.2, 0) is 0 Å². The molecule has 0 spiro atoms. The SMILES string of the molecule is C[C@@H]1C=C(CO)[C@H](O)[C@H](O)C1O. The van der Waals surface area contributed by atoms with Gasteiger partial charge in [-0.05, 0) is 5.57 Å². The minimum absolute atomic E-state index is 0.231. The first-order chi connectivity index (χ1) is 5.57. The van der Waals surface area contributed by atoms with Gasteiger partial charge in [-0.1, -0.05) is 13.0 Å². The Bertz CT molecular complexity index is 189. The quantitative estimate of drug-likeness (QED) is 0.370. The average Bonchev–Trinajstić information content (AvgIpc) is 2.08. The zero-order valence-electron chi connectivity index (χ0n) is 6.88. The molecule has 0 aliphatic heterocycles. The van der Waals surface area contributed by atoms with Crippen LogP contribution in [0.2, 0.25) is 0 Å². The van der Waals surface area contributed by atoms with E-state index in [0.29, 0.717) is 5.57 Å². The minimum atomic E-state index is -1.19. The first kappa shape index (κ1) is 9.67. The van der Waals surface area contributed by atoms with Gasteiger partial charge in [0.2, 0.25) is 0 Å². The van der Waals surface area contributed by atoms with Crippen molar-refractivity contribution in [3.8, 4) is 0 Å². The van der Waals surface area contributed by atoms with Crippen molar-refractivity contribution in [2.75, 3.05) is 6.61 Å². The Hall–Kier alpha value is -0.420. The van der Waals surface area contributed by atoms with Crippen molar-refractivity contribution in [2.24, 2.45) is 5.92 Å². The number of rotatable bonds is 1. The van der Waals surface area contributed by atoms with Crippen LogP contribution in [-0.4, -0.2) is 45.3 Å². The Morgan fingerprint density at radius 2 is 1.83 bits per heavy atom. The van der Waals surface area contributed by atoms with E-state index >= 15 is 0 Å². The third kappa shape index (κ3) is 1.51. The summed E-state index contributed by atoms with van der Waals surface area (Å²) in [4.78, 5) is 0. The maximum atomic E-state index is 9.29. The van der Waals surface area contributed by atoms with Gasteiger partial charge in [0.15, 0.2) is 0 Å². The van der Waals surface area contributed by atoms with Crippen LogP contribution < -0.4 is 0 Å². The fraction of sp³-hybridized carbons (Fsp3) is 0.750. The van der Waals surface area contributed by atoms with Crippen molar-refractivity contribution in [3.05, 3.63) is 11.6 Å². The van der Waals surface area contributed by atoms with E-state index in [0.717, 1.165) is 0 Å². The fourth-order valence-electron chi connectivity index (χ4n) is 1.40. The highest BCUT2D eigenvalue weighted by atomic mass is 16.4. The van der Waals surface area contributed by atoms with Crippen LogP contribution in [0.25, 0.3) is 0 Å². The van der Waals surface area contributed by atoms with Crippen LogP contribution in [0.1, 0.15) is 6.92 Å². The van der Waals surface area contributed by atoms with Crippen LogP contribution >= 0.6 is 0 Å². The van der Waals surface area contributed by atoms with Crippen molar-refractivity contribution in [3.63, 3.8) is 0 Å². The molecule has 1 aliphatic carbocycles. The first-order valence-electron chi connectivity index (χ1n) is 3.93. The molecule has 12 heavy (non-hydrogen) atoms. The summed E-state index contributed by atoms with van der Waals surface area (Å²) in [6.45, 7) is 1.44. The zero-order valence-corrected chi connectivity index (χ0v) is 6.88. The van der Waals surface area contributed by atoms with E-state index in [-0.39, 0.29) is 12.5 Å². The topological polar surface area (TPSA) is 80.9 Å². The van der Waals surface area contributed by atoms with Gasteiger partial charge in [0, 0.05) is 5.92 Å². The predicted octanol–water partition coefficient (Wildman–Crippen LogP) is -1.36. The fourth-order valence-corrected chi connectivity index (χ4v) is 1.40. The predicted molar refractivity (Wildman–Crippen MR) is 42.4 cm³/mol. The van der Waals surface area contributed by atoms with Gasteiger partial charge in [-0.15, -0.1) is 0 Å². The smallest absolute Gasteiger partial charge is 0.110 e. The molecule has 4 atom stereocenters. The molecule has 4 heteroatoms. The molecular formula is C8H14O4. The molecule has 0 saturated heterocycles. The summed E-state index contributed by atoms with van der Waals surface area (Å²) in [6, 6.07) is 0. The molecule has 0 fully saturated rings. The van der Waals surface area contributed by atoms with Gasteiger partial charge in [-0.3, -0.25) is 0 Å². The van der Waals surface area contributed by atoms with Crippen LogP contribution in [0, 0.1) is 5.92 Å². The highest BCUT2D eigenvalue weighted by Gasteiger charge is 2.34. The molecule has 4 N–H and O–H groups in total. The van der Waals surface area contributed by atoms with E-state index in [1.54, 1.807) is 13.0 Å². The lowest BCUT2D eigenvalue weighted by atomic mass is 9.85. The summed E-state index contributed by atoms with van der Waals surface area (Å²) < 4.78 is 0. The summed E-state index contributed by atoms with van der Waals surface area (Å²) >= 11 is 0. The van der Waals surface area contributed by atoms with Gasteiger partial charge in [0.05, 0.1) is 12.7 Å². The summed E-state index contributed by atoms with van der Waals surface area (Å²) in [5.74, 6) is -0.231. The molecule has 0 heterocycles. The van der Waals surface area contributed by atoms with Gasteiger partial charge in [0.25, 0.3) is 0 Å². The molecular weight excluding hydrogens is 160 g/mol. The number of hydrogen-bond acceptors (Lipinski definition) is 4. The number of aliphatic hydroxyl groups is 4. The summed E-state index contributed by atoms with van der Waals surface area (Å²) in [5, 5.41) is 36.6. The second-order valence-corrected chi connectivity index (χ2v) is 3.18. The van der Waals surface area contributed by atoms with E-state index in [1.165, 1.54) is 0 Å². The van der Waals surface area contributed by atoms with Crippen molar-refractivity contribution in [2.45, 2.75) is 25.2 Å². The molecule has 0 aromatic carbocycles. The molecule has 0 aromatic rings. The van der Waals surface area contributed by atoms with E-state index < -0.39 is 18.3 Å². The molecule has 4 nitrogen and oxygen atoms in total. The molecule has 0 saturated carbocycles. The van der Waals surface area contributed by atoms with Crippen LogP contribution in [0.15, 0.2) is 11.6 Å². The second kappa shape index (κ2) is 3.53. The third-order valence-corrected chi connectivity index (χ3v) is 2.25. The lowest BCUT2D eigenvalue weighted by Crippen LogP contribution is -2.45. The van der Waals surface area contributed by atoms with Crippen molar-refractivity contribution in [1.29, 1.82) is 0 Å². The van der Waals surface area contributed by atoms with Gasteiger partial charge in [-0.25, -0.2) is 0 Å². The Balaban J connectivity index is 2.84. The van der Waals surface area contributed by atoms with Crippen LogP contribution in [0.4, 0.5) is 0 Å². The number of aliphatic hydroxyl groups excluding tert-OH is 4. The van der Waals surface area contributed by atoms with Gasteiger partial charge < -0.3 is 20.4 Å². The summed E-state index contributed by atoms with van der Waals surface area (Å²) in [6.07, 6.45) is -1.69. The summed E-state index contributed by atoms with van der Waals surface area (Å²) in [5.41, 5.74) is 0.375. The average molecular weight is 174 g/mol. The van der Waals surface area contributed by atoms with Crippen molar-refractivity contribution < 1.29 is 20.4 Å². The molecule has 0 bridgehead atoms. The molecule has 1 rings (SSSR count). The number of hydrogen-bond donors (Lipinski definition) is 4. The highest BCUT2D eigenvalue weighted by Crippen LogP contribution is 2.23. The zero-order chi connectivity index (χ0) is 9.30. The van der Waals surface area contributed by atoms with Crippen molar-refractivity contribution in [1.82, 2.24) is 0 Å². The molecule has 70 valence electrons. The van der Waals surface area contributed by atoms with Gasteiger partial charge >= 0.3 is 0 Å². The Kier molecular flexibility index (Phi) is 2.85. The lowest BCUT2D eigenvalue weighted by Gasteiger charge is -2.32. The Morgan fingerprint density at radius 1 is 1.25 bits per heavy atom. The van der Waals surface area contributed by atoms with E-state index in [4.69, 9.17) is 5.11 Å². The maximum absolute atomic E-state index is 9.29. The molecule has 0 radical (unpaired) electrons. The standard InChI is InChI=1S/C8H14O4/c1-4-2-5(3-9)7(11)8(12)6(4)10/h2,4,6-12H,3H2,1H3/t4-,6?,7+,8-/m1/s1. The Morgan fingerprint density at radius 3 is 2.33 bits per heavy atom. The van der Waals surface area contributed by atoms with E-state index in [2.05, 4.69) is 0 Å². The van der Waals surface area contributed by atoms with Crippen LogP contribution in [0.3, 0.4) is 0 Å². The first-order valence-corrected chi connectivity index (χ1v) is 3.93. The normalized spacial score (nSPS) is 42.6. The summed E-state index contributed by atoms with van der Waals surface area (Å²) in [7, 11) is 0. The van der Waals surface area contributed by atoms with Crippen LogP contribution in [0.5, 0.6) is 0 Å². The largest absolute Gasteiger partial charge is 0.392 e. The minimum Gasteiger partial charge on any atom is -0.392 e. The lowest BCUT2D eigenvalue weighted by molar-refractivity contribution is -0.0699. The Labute approximate surface area is 70.8 Å². The third-order valence-electron chi connectivity index (χ3n) is 2.25. The van der Waals surface area contributed by atoms with Gasteiger partial charge in [0.1, 0.15) is 12.2 Å². The highest BCUT2D eigenvalue weighted by molar-refractivity contribution is 5.18. The molecule has 1 unspecified atom stereocenters. The monoisotopic (exact) mass is 174 g/mol.